The molecule has 1 aromatic heterocycles. The molecule has 4 nitrogen and oxygen atoms in total. The van der Waals surface area contributed by atoms with Crippen molar-refractivity contribution in [2.75, 3.05) is 6.26 Å². The third-order valence-corrected chi connectivity index (χ3v) is 5.55. The summed E-state index contributed by atoms with van der Waals surface area (Å²) < 4.78 is 24.1. The van der Waals surface area contributed by atoms with Crippen LogP contribution >= 0.6 is 39.1 Å². The van der Waals surface area contributed by atoms with Crippen LogP contribution in [-0.4, -0.2) is 24.6 Å². The van der Waals surface area contributed by atoms with Crippen LogP contribution in [-0.2, 0) is 9.84 Å². The predicted molar refractivity (Wildman–Crippen MR) is 88.4 cm³/mol. The van der Waals surface area contributed by atoms with E-state index in [1.807, 2.05) is 24.3 Å². The maximum Gasteiger partial charge on any atom is 0.157 e. The van der Waals surface area contributed by atoms with Crippen molar-refractivity contribution in [3.8, 4) is 11.1 Å². The van der Waals surface area contributed by atoms with Crippen LogP contribution in [0.1, 0.15) is 18.0 Å². The van der Waals surface area contributed by atoms with E-state index in [2.05, 4.69) is 25.9 Å². The highest BCUT2D eigenvalue weighted by molar-refractivity contribution is 9.10. The first-order valence-electron chi connectivity index (χ1n) is 5.88. The van der Waals surface area contributed by atoms with Crippen molar-refractivity contribution in [1.82, 2.24) is 9.97 Å². The van der Waals surface area contributed by atoms with Gasteiger partial charge in [-0.15, -0.1) is 0 Å². The molecule has 2 aromatic rings. The van der Waals surface area contributed by atoms with Gasteiger partial charge in [-0.3, -0.25) is 0 Å². The minimum atomic E-state index is -3.32. The Labute approximate surface area is 141 Å². The second kappa shape index (κ2) is 6.20. The third-order valence-electron chi connectivity index (χ3n) is 2.98. The van der Waals surface area contributed by atoms with Gasteiger partial charge >= 0.3 is 0 Å². The highest BCUT2D eigenvalue weighted by Crippen LogP contribution is 2.34. The van der Waals surface area contributed by atoms with Crippen LogP contribution < -0.4 is 0 Å². The molecule has 0 N–H and O–H groups in total. The summed E-state index contributed by atoms with van der Waals surface area (Å²) in [5.41, 5.74) is 1.24. The van der Waals surface area contributed by atoms with Crippen molar-refractivity contribution < 1.29 is 8.42 Å². The number of benzene rings is 1. The summed E-state index contributed by atoms with van der Waals surface area (Å²) in [5, 5.41) is -0.614. The lowest BCUT2D eigenvalue weighted by atomic mass is 10.1. The van der Waals surface area contributed by atoms with E-state index in [0.29, 0.717) is 5.56 Å². The molecule has 0 aliphatic carbocycles. The number of aromatic nitrogens is 2. The van der Waals surface area contributed by atoms with Gasteiger partial charge in [-0.05, 0) is 24.6 Å². The van der Waals surface area contributed by atoms with E-state index in [4.69, 9.17) is 23.2 Å². The maximum absolute atomic E-state index is 11.6. The predicted octanol–water partition coefficient (Wildman–Crippen LogP) is 4.32. The second-order valence-electron chi connectivity index (χ2n) is 4.52. The molecule has 112 valence electrons. The molecule has 1 atom stereocenters. The van der Waals surface area contributed by atoms with Gasteiger partial charge in [-0.25, -0.2) is 18.4 Å². The van der Waals surface area contributed by atoms with Crippen LogP contribution in [0.5, 0.6) is 0 Å². The van der Waals surface area contributed by atoms with E-state index in [1.165, 1.54) is 6.92 Å². The molecule has 2 rings (SSSR count). The van der Waals surface area contributed by atoms with E-state index in [9.17, 15) is 8.42 Å². The number of hydrogen-bond acceptors (Lipinski definition) is 4. The first kappa shape index (κ1) is 16.7. The molecule has 0 fully saturated rings. The van der Waals surface area contributed by atoms with E-state index in [0.717, 1.165) is 16.3 Å². The molecule has 8 heteroatoms. The van der Waals surface area contributed by atoms with Crippen LogP contribution in [0.2, 0.25) is 10.3 Å². The topological polar surface area (TPSA) is 59.9 Å². The summed E-state index contributed by atoms with van der Waals surface area (Å²) >= 11 is 15.7. The average molecular weight is 410 g/mol. The number of sulfone groups is 1. The van der Waals surface area contributed by atoms with Crippen molar-refractivity contribution in [1.29, 1.82) is 0 Å². The van der Waals surface area contributed by atoms with Crippen molar-refractivity contribution >= 4 is 49.0 Å². The van der Waals surface area contributed by atoms with Crippen molar-refractivity contribution in [2.45, 2.75) is 12.2 Å². The molecule has 0 amide bonds. The molecule has 0 saturated heterocycles. The van der Waals surface area contributed by atoms with Crippen LogP contribution in [0.3, 0.4) is 0 Å². The second-order valence-corrected chi connectivity index (χ2v) is 8.51. The summed E-state index contributed by atoms with van der Waals surface area (Å²) in [6.07, 6.45) is 1.12. The summed E-state index contributed by atoms with van der Waals surface area (Å²) in [7, 11) is -3.32. The summed E-state index contributed by atoms with van der Waals surface area (Å²) in [4.78, 5) is 8.16. The van der Waals surface area contributed by atoms with Crippen molar-refractivity contribution in [2.24, 2.45) is 0 Å². The zero-order valence-electron chi connectivity index (χ0n) is 11.1. The number of halogens is 3. The SMILES string of the molecule is CC(c1nc(Cl)c(-c2ccc(Br)cc2)c(Cl)n1)S(C)(=O)=O. The Bertz CT molecular complexity index is 756. The Balaban J connectivity index is 2.55. The number of hydrogen-bond donors (Lipinski definition) is 0. The standard InChI is InChI=1S/C13H11BrCl2N2O2S/c1-7(21(2,19)20)13-17-11(15)10(12(16)18-13)8-3-5-9(14)6-4-8/h3-7H,1-2H3. The summed E-state index contributed by atoms with van der Waals surface area (Å²) in [6, 6.07) is 7.32. The fraction of sp³-hybridized carbons (Fsp3) is 0.231. The molecule has 1 heterocycles. The lowest BCUT2D eigenvalue weighted by Crippen LogP contribution is -2.12. The van der Waals surface area contributed by atoms with Gasteiger partial charge < -0.3 is 0 Å². The van der Waals surface area contributed by atoms with Gasteiger partial charge in [0.2, 0.25) is 0 Å². The molecule has 0 aliphatic heterocycles. The van der Waals surface area contributed by atoms with E-state index in [1.54, 1.807) is 0 Å². The highest BCUT2D eigenvalue weighted by atomic mass is 79.9. The smallest absolute Gasteiger partial charge is 0.157 e. The first-order valence-corrected chi connectivity index (χ1v) is 9.38. The normalized spacial score (nSPS) is 13.2. The van der Waals surface area contributed by atoms with Gasteiger partial charge in [0, 0.05) is 10.7 Å². The van der Waals surface area contributed by atoms with Gasteiger partial charge in [-0.2, -0.15) is 0 Å². The lowest BCUT2D eigenvalue weighted by Gasteiger charge is -2.12. The van der Waals surface area contributed by atoms with Crippen LogP contribution in [0.25, 0.3) is 11.1 Å². The quantitative estimate of drug-likeness (QED) is 0.708. The molecule has 21 heavy (non-hydrogen) atoms. The van der Waals surface area contributed by atoms with Crippen molar-refractivity contribution in [3.63, 3.8) is 0 Å². The fourth-order valence-corrected chi connectivity index (χ4v) is 3.02. The molecule has 0 bridgehead atoms. The average Bonchev–Trinajstić information content (AvgIpc) is 2.38. The van der Waals surface area contributed by atoms with Gasteiger partial charge in [0.25, 0.3) is 0 Å². The Morgan fingerprint density at radius 3 is 2.00 bits per heavy atom. The molecule has 1 unspecified atom stereocenters. The lowest BCUT2D eigenvalue weighted by molar-refractivity contribution is 0.589. The maximum atomic E-state index is 11.6. The van der Waals surface area contributed by atoms with Gasteiger partial charge in [-0.1, -0.05) is 51.3 Å². The Morgan fingerprint density at radius 2 is 1.57 bits per heavy atom. The monoisotopic (exact) mass is 408 g/mol. The molecular weight excluding hydrogens is 399 g/mol. The Morgan fingerprint density at radius 1 is 1.10 bits per heavy atom. The third kappa shape index (κ3) is 3.74. The Hall–Kier alpha value is -0.690. The van der Waals surface area contributed by atoms with Crippen LogP contribution in [0.4, 0.5) is 0 Å². The molecule has 0 saturated carbocycles. The highest BCUT2D eigenvalue weighted by Gasteiger charge is 2.23. The fourth-order valence-electron chi connectivity index (χ4n) is 1.65. The summed E-state index contributed by atoms with van der Waals surface area (Å²) in [6.45, 7) is 1.50. The first-order chi connectivity index (χ1) is 9.70. The zero-order valence-corrected chi connectivity index (χ0v) is 15.1. The molecule has 0 aliphatic rings. The van der Waals surface area contributed by atoms with Crippen LogP contribution in [0, 0.1) is 0 Å². The van der Waals surface area contributed by atoms with Crippen molar-refractivity contribution in [3.05, 3.63) is 44.9 Å². The molecule has 0 spiro atoms. The van der Waals surface area contributed by atoms with Crippen LogP contribution in [0.15, 0.2) is 28.7 Å². The Kier molecular flexibility index (Phi) is 4.92. The van der Waals surface area contributed by atoms with E-state index in [-0.39, 0.29) is 16.1 Å². The van der Waals surface area contributed by atoms with Gasteiger partial charge in [0.1, 0.15) is 21.4 Å². The largest absolute Gasteiger partial charge is 0.228 e. The molecular formula is C13H11BrCl2N2O2S. The minimum absolute atomic E-state index is 0.0911. The number of nitrogens with zero attached hydrogens (tertiary/aromatic N) is 2. The van der Waals surface area contributed by atoms with Gasteiger partial charge in [0.05, 0.1) is 5.56 Å². The minimum Gasteiger partial charge on any atom is -0.228 e. The summed E-state index contributed by atoms with van der Waals surface area (Å²) in [5.74, 6) is 0.0911. The van der Waals surface area contributed by atoms with Gasteiger partial charge in [0.15, 0.2) is 9.84 Å². The van der Waals surface area contributed by atoms with E-state index >= 15 is 0 Å². The zero-order chi connectivity index (χ0) is 15.8. The van der Waals surface area contributed by atoms with E-state index < -0.39 is 15.1 Å². The molecule has 1 aromatic carbocycles. The molecule has 0 radical (unpaired) electrons. The number of rotatable bonds is 3.